The summed E-state index contributed by atoms with van der Waals surface area (Å²) in [6.45, 7) is 4.81. The van der Waals surface area contributed by atoms with Gasteiger partial charge in [-0.3, -0.25) is 9.78 Å². The maximum atomic E-state index is 12.8. The van der Waals surface area contributed by atoms with Crippen molar-refractivity contribution in [3.8, 4) is 11.5 Å². The molecule has 4 aromatic heterocycles. The molecular weight excluding hydrogens is 392 g/mol. The third kappa shape index (κ3) is 3.93. The van der Waals surface area contributed by atoms with E-state index in [0.717, 1.165) is 29.1 Å². The summed E-state index contributed by atoms with van der Waals surface area (Å²) in [5, 5.41) is 10.5. The van der Waals surface area contributed by atoms with E-state index in [4.69, 9.17) is 4.42 Å². The highest BCUT2D eigenvalue weighted by atomic mass is 32.2. The SMILES string of the molecule is Cc1cc(C(=O)CSc2nnc(-c3cccnc3)o2)c(C)n1Cc1cccs1. The zero-order valence-corrected chi connectivity index (χ0v) is 17.1. The Bertz CT molecular complexity index is 1090. The lowest BCUT2D eigenvalue weighted by Crippen LogP contribution is -2.07. The number of carbonyl (C=O) groups excluding carboxylic acids is 1. The van der Waals surface area contributed by atoms with Gasteiger partial charge in [-0.1, -0.05) is 17.8 Å². The van der Waals surface area contributed by atoms with Gasteiger partial charge in [-0.25, -0.2) is 0 Å². The molecule has 0 radical (unpaired) electrons. The Kier molecular flexibility index (Phi) is 5.40. The van der Waals surface area contributed by atoms with Crippen molar-refractivity contribution in [3.05, 3.63) is 69.9 Å². The molecule has 142 valence electrons. The summed E-state index contributed by atoms with van der Waals surface area (Å²) in [5.41, 5.74) is 3.56. The highest BCUT2D eigenvalue weighted by Gasteiger charge is 2.18. The fraction of sp³-hybridized carbons (Fsp3) is 0.200. The summed E-state index contributed by atoms with van der Waals surface area (Å²) in [4.78, 5) is 18.1. The van der Waals surface area contributed by atoms with Gasteiger partial charge in [-0.15, -0.1) is 21.5 Å². The average molecular weight is 411 g/mol. The molecule has 0 atom stereocenters. The number of hydrogen-bond acceptors (Lipinski definition) is 7. The van der Waals surface area contributed by atoms with E-state index >= 15 is 0 Å². The number of thioether (sulfide) groups is 1. The van der Waals surface area contributed by atoms with Crippen molar-refractivity contribution < 1.29 is 9.21 Å². The first kappa shape index (κ1) is 18.6. The molecule has 6 nitrogen and oxygen atoms in total. The summed E-state index contributed by atoms with van der Waals surface area (Å²) in [6, 6.07) is 9.77. The molecule has 0 bridgehead atoms. The van der Waals surface area contributed by atoms with Crippen LogP contribution in [0.1, 0.15) is 26.6 Å². The predicted molar refractivity (Wildman–Crippen MR) is 110 cm³/mol. The first-order valence-electron chi connectivity index (χ1n) is 8.71. The van der Waals surface area contributed by atoms with E-state index in [1.54, 1.807) is 23.7 Å². The largest absolute Gasteiger partial charge is 0.411 e. The van der Waals surface area contributed by atoms with E-state index in [2.05, 4.69) is 31.2 Å². The lowest BCUT2D eigenvalue weighted by molar-refractivity contribution is 0.102. The van der Waals surface area contributed by atoms with Crippen LogP contribution in [-0.4, -0.2) is 31.3 Å². The molecule has 0 aliphatic heterocycles. The number of aromatic nitrogens is 4. The quantitative estimate of drug-likeness (QED) is 0.327. The lowest BCUT2D eigenvalue weighted by atomic mass is 10.2. The third-order valence-corrected chi connectivity index (χ3v) is 6.09. The first-order valence-corrected chi connectivity index (χ1v) is 10.6. The van der Waals surface area contributed by atoms with Crippen LogP contribution in [0.15, 0.2) is 57.7 Å². The van der Waals surface area contributed by atoms with Crippen molar-refractivity contribution in [2.75, 3.05) is 5.75 Å². The van der Waals surface area contributed by atoms with Crippen LogP contribution in [0.2, 0.25) is 0 Å². The van der Waals surface area contributed by atoms with E-state index in [-0.39, 0.29) is 11.5 Å². The van der Waals surface area contributed by atoms with Crippen LogP contribution in [0.4, 0.5) is 0 Å². The minimum Gasteiger partial charge on any atom is -0.411 e. The Morgan fingerprint density at radius 3 is 2.89 bits per heavy atom. The zero-order chi connectivity index (χ0) is 19.5. The van der Waals surface area contributed by atoms with Crippen LogP contribution in [0.3, 0.4) is 0 Å². The Morgan fingerprint density at radius 1 is 1.25 bits per heavy atom. The number of aryl methyl sites for hydroxylation is 1. The van der Waals surface area contributed by atoms with Crippen LogP contribution < -0.4 is 0 Å². The Morgan fingerprint density at radius 2 is 2.14 bits per heavy atom. The second-order valence-corrected chi connectivity index (χ2v) is 8.24. The number of nitrogens with zero attached hydrogens (tertiary/aromatic N) is 4. The Balaban J connectivity index is 1.44. The molecule has 0 saturated heterocycles. The van der Waals surface area contributed by atoms with Gasteiger partial charge in [0.2, 0.25) is 5.89 Å². The molecule has 4 heterocycles. The Hall–Kier alpha value is -2.71. The molecule has 0 aliphatic carbocycles. The second-order valence-electron chi connectivity index (χ2n) is 6.28. The van der Waals surface area contributed by atoms with Gasteiger partial charge in [0.1, 0.15) is 0 Å². The summed E-state index contributed by atoms with van der Waals surface area (Å²) >= 11 is 2.97. The molecule has 0 unspecified atom stereocenters. The topological polar surface area (TPSA) is 73.8 Å². The molecule has 0 aromatic carbocycles. The lowest BCUT2D eigenvalue weighted by Gasteiger charge is -2.08. The van der Waals surface area contributed by atoms with Gasteiger partial charge in [-0.05, 0) is 43.5 Å². The normalized spacial score (nSPS) is 11.1. The van der Waals surface area contributed by atoms with Gasteiger partial charge in [0.25, 0.3) is 5.22 Å². The maximum Gasteiger partial charge on any atom is 0.277 e. The van der Waals surface area contributed by atoms with Crippen LogP contribution >= 0.6 is 23.1 Å². The highest BCUT2D eigenvalue weighted by Crippen LogP contribution is 2.25. The number of rotatable bonds is 7. The third-order valence-electron chi connectivity index (χ3n) is 4.41. The fourth-order valence-corrected chi connectivity index (χ4v) is 4.30. The van der Waals surface area contributed by atoms with Gasteiger partial charge in [0, 0.05) is 34.2 Å². The van der Waals surface area contributed by atoms with Crippen LogP contribution in [0.5, 0.6) is 0 Å². The zero-order valence-electron chi connectivity index (χ0n) is 15.5. The van der Waals surface area contributed by atoms with Crippen LogP contribution in [-0.2, 0) is 6.54 Å². The predicted octanol–water partition coefficient (Wildman–Crippen LogP) is 4.63. The van der Waals surface area contributed by atoms with Crippen molar-refractivity contribution in [1.29, 1.82) is 0 Å². The number of hydrogen-bond donors (Lipinski definition) is 0. The summed E-state index contributed by atoms with van der Waals surface area (Å²) in [5.74, 6) is 0.701. The molecule has 4 aromatic rings. The molecule has 0 aliphatic rings. The minimum atomic E-state index is 0.0525. The molecule has 0 amide bonds. The molecule has 4 rings (SSSR count). The van der Waals surface area contributed by atoms with Gasteiger partial charge >= 0.3 is 0 Å². The average Bonchev–Trinajstić information content (AvgIpc) is 3.45. The molecule has 0 fully saturated rings. The number of pyridine rings is 1. The van der Waals surface area contributed by atoms with Crippen LogP contribution in [0, 0.1) is 13.8 Å². The first-order chi connectivity index (χ1) is 13.6. The standard InChI is InChI=1S/C20H18N4O2S2/c1-13-9-17(14(2)24(13)11-16-6-4-8-27-16)18(25)12-28-20-23-22-19(26-20)15-5-3-7-21-10-15/h3-10H,11-12H2,1-2H3. The number of ketones is 1. The molecule has 0 saturated carbocycles. The maximum absolute atomic E-state index is 12.8. The van der Waals surface area contributed by atoms with Gasteiger partial charge in [0.15, 0.2) is 5.78 Å². The van der Waals surface area contributed by atoms with Gasteiger partial charge in [0.05, 0.1) is 17.9 Å². The Labute approximate surface area is 170 Å². The summed E-state index contributed by atoms with van der Waals surface area (Å²) in [6.07, 6.45) is 3.35. The van der Waals surface area contributed by atoms with E-state index in [0.29, 0.717) is 11.1 Å². The van der Waals surface area contributed by atoms with Crippen molar-refractivity contribution in [1.82, 2.24) is 19.7 Å². The van der Waals surface area contributed by atoms with Crippen molar-refractivity contribution in [2.24, 2.45) is 0 Å². The van der Waals surface area contributed by atoms with Crippen molar-refractivity contribution in [2.45, 2.75) is 25.6 Å². The molecule has 0 N–H and O–H groups in total. The fourth-order valence-electron chi connectivity index (χ4n) is 2.96. The second kappa shape index (κ2) is 8.12. The number of carbonyl (C=O) groups is 1. The van der Waals surface area contributed by atoms with Gasteiger partial charge in [-0.2, -0.15) is 0 Å². The number of thiophene rings is 1. The molecule has 8 heteroatoms. The van der Waals surface area contributed by atoms with E-state index in [9.17, 15) is 4.79 Å². The smallest absolute Gasteiger partial charge is 0.277 e. The molecule has 0 spiro atoms. The van der Waals surface area contributed by atoms with E-state index in [1.807, 2.05) is 38.1 Å². The molecule has 28 heavy (non-hydrogen) atoms. The molecular formula is C20H18N4O2S2. The van der Waals surface area contributed by atoms with E-state index in [1.165, 1.54) is 16.6 Å². The van der Waals surface area contributed by atoms with Crippen molar-refractivity contribution >= 4 is 28.9 Å². The number of Topliss-reactive ketones (excluding diaryl/α,β-unsaturated/α-hetero) is 1. The summed E-state index contributed by atoms with van der Waals surface area (Å²) < 4.78 is 7.81. The van der Waals surface area contributed by atoms with E-state index < -0.39 is 0 Å². The summed E-state index contributed by atoms with van der Waals surface area (Å²) in [7, 11) is 0. The monoisotopic (exact) mass is 410 g/mol. The highest BCUT2D eigenvalue weighted by molar-refractivity contribution is 7.99. The van der Waals surface area contributed by atoms with Gasteiger partial charge < -0.3 is 8.98 Å². The van der Waals surface area contributed by atoms with Crippen LogP contribution in [0.25, 0.3) is 11.5 Å². The minimum absolute atomic E-state index is 0.0525. The van der Waals surface area contributed by atoms with Crippen molar-refractivity contribution in [3.63, 3.8) is 0 Å².